The molecule has 0 atom stereocenters. The molecule has 0 saturated carbocycles. The summed E-state index contributed by atoms with van der Waals surface area (Å²) in [5.41, 5.74) is 4.35. The normalized spacial score (nSPS) is 11.0. The van der Waals surface area contributed by atoms with E-state index in [0.717, 1.165) is 5.52 Å². The zero-order chi connectivity index (χ0) is 21.7. The first kappa shape index (κ1) is 21.0. The van der Waals surface area contributed by atoms with Crippen molar-refractivity contribution in [1.82, 2.24) is 15.4 Å². The number of rotatable bonds is 8. The van der Waals surface area contributed by atoms with Gasteiger partial charge >= 0.3 is 5.69 Å². The van der Waals surface area contributed by atoms with Crippen LogP contribution in [0.5, 0.6) is 11.5 Å². The molecule has 0 unspecified atom stereocenters. The van der Waals surface area contributed by atoms with Gasteiger partial charge in [-0.1, -0.05) is 0 Å². The molecule has 0 aliphatic rings. The van der Waals surface area contributed by atoms with Crippen LogP contribution in [0.15, 0.2) is 35.4 Å². The fourth-order valence-corrected chi connectivity index (χ4v) is 2.98. The van der Waals surface area contributed by atoms with Gasteiger partial charge in [0, 0.05) is 23.3 Å². The number of benzene rings is 2. The number of carbonyl (C=O) groups is 1. The maximum Gasteiger partial charge on any atom is 0.311 e. The number of hydrogen-bond acceptors (Lipinski definition) is 7. The smallest absolute Gasteiger partial charge is 0.311 e. The predicted octanol–water partition coefficient (Wildman–Crippen LogP) is 3.69. The number of nitro groups is 1. The van der Waals surface area contributed by atoms with Crippen LogP contribution in [0, 0.1) is 14.9 Å². The topological polar surface area (TPSA) is 135 Å². The minimum Gasteiger partial charge on any atom is -0.493 e. The minimum absolute atomic E-state index is 0.101. The Morgan fingerprint density at radius 2 is 1.87 bits per heavy atom. The minimum atomic E-state index is -0.549. The highest BCUT2D eigenvalue weighted by atomic mass is 32.1. The molecule has 30 heavy (non-hydrogen) atoms. The molecule has 0 saturated heterocycles. The van der Waals surface area contributed by atoms with Crippen LogP contribution in [0.25, 0.3) is 11.0 Å². The Hall–Kier alpha value is -3.73. The van der Waals surface area contributed by atoms with Gasteiger partial charge in [0.25, 0.3) is 5.91 Å². The largest absolute Gasteiger partial charge is 0.493 e. The zero-order valence-electron chi connectivity index (χ0n) is 16.2. The summed E-state index contributed by atoms with van der Waals surface area (Å²) in [7, 11) is 0. The van der Waals surface area contributed by atoms with Crippen molar-refractivity contribution in [3.8, 4) is 11.5 Å². The summed E-state index contributed by atoms with van der Waals surface area (Å²) in [5, 5.41) is 15.3. The molecule has 3 N–H and O–H groups in total. The molecule has 0 fully saturated rings. The van der Waals surface area contributed by atoms with Gasteiger partial charge in [-0.05, 0) is 44.3 Å². The van der Waals surface area contributed by atoms with E-state index in [0.29, 0.717) is 33.8 Å². The molecule has 1 amide bonds. The first-order chi connectivity index (χ1) is 14.4. The van der Waals surface area contributed by atoms with Crippen molar-refractivity contribution in [3.63, 3.8) is 0 Å². The van der Waals surface area contributed by atoms with Crippen molar-refractivity contribution in [2.24, 2.45) is 5.10 Å². The number of hydrazone groups is 1. The highest BCUT2D eigenvalue weighted by molar-refractivity contribution is 7.71. The Bertz CT molecular complexity index is 1180. The molecule has 0 aliphatic carbocycles. The van der Waals surface area contributed by atoms with Crippen LogP contribution < -0.4 is 14.9 Å². The molecule has 156 valence electrons. The number of nitrogens with one attached hydrogen (secondary N) is 3. The number of imidazole rings is 1. The molecular weight excluding hydrogens is 410 g/mol. The molecule has 0 radical (unpaired) electrons. The fourth-order valence-electron chi connectivity index (χ4n) is 2.76. The second kappa shape index (κ2) is 9.18. The number of aromatic nitrogens is 2. The highest BCUT2D eigenvalue weighted by Gasteiger charge is 2.19. The number of H-pyrrole nitrogens is 2. The van der Waals surface area contributed by atoms with Gasteiger partial charge in [-0.2, -0.15) is 5.10 Å². The standard InChI is InChI=1S/C19H19N5O5S/c1-3-28-16-9-17(29-4-2)15(24(26)27)8-12(16)10-20-23-18(25)11-5-6-13-14(7-11)22-19(30)21-13/h5-10H,3-4H2,1-2H3,(H,23,25)(H2,21,22,30)/b20-10-. The summed E-state index contributed by atoms with van der Waals surface area (Å²) in [4.78, 5) is 29.1. The maximum absolute atomic E-state index is 12.4. The SMILES string of the molecule is CCOc1cc(OCC)c([N+](=O)[O-])cc1/C=N\NC(=O)c1ccc2[nH]c(=S)[nH]c2c1. The number of nitro benzene ring substituents is 1. The second-order valence-corrected chi connectivity index (χ2v) is 6.43. The van der Waals surface area contributed by atoms with Gasteiger partial charge in [-0.25, -0.2) is 5.43 Å². The molecule has 0 spiro atoms. The summed E-state index contributed by atoms with van der Waals surface area (Å²) in [6, 6.07) is 7.72. The van der Waals surface area contributed by atoms with Crippen LogP contribution in [0.4, 0.5) is 5.69 Å². The number of ether oxygens (including phenoxy) is 2. The third-order valence-corrected chi connectivity index (χ3v) is 4.24. The molecule has 1 heterocycles. The Balaban J connectivity index is 1.84. The molecule has 2 aromatic carbocycles. The van der Waals surface area contributed by atoms with Crippen LogP contribution >= 0.6 is 12.2 Å². The van der Waals surface area contributed by atoms with Gasteiger partial charge in [-0.3, -0.25) is 14.9 Å². The van der Waals surface area contributed by atoms with Crippen molar-refractivity contribution in [2.75, 3.05) is 13.2 Å². The van der Waals surface area contributed by atoms with Gasteiger partial charge < -0.3 is 19.4 Å². The first-order valence-electron chi connectivity index (χ1n) is 9.06. The number of amides is 1. The molecule has 11 heteroatoms. The van der Waals surface area contributed by atoms with E-state index in [9.17, 15) is 14.9 Å². The lowest BCUT2D eigenvalue weighted by Gasteiger charge is -2.10. The van der Waals surface area contributed by atoms with Gasteiger partial charge in [0.1, 0.15) is 5.75 Å². The summed E-state index contributed by atoms with van der Waals surface area (Å²) >= 11 is 5.03. The molecule has 1 aromatic heterocycles. The lowest BCUT2D eigenvalue weighted by molar-refractivity contribution is -0.385. The van der Waals surface area contributed by atoms with Gasteiger partial charge in [0.2, 0.25) is 5.75 Å². The lowest BCUT2D eigenvalue weighted by atomic mass is 10.1. The number of carbonyl (C=O) groups excluding carboxylic acids is 1. The summed E-state index contributed by atoms with van der Waals surface area (Å²) < 4.78 is 11.3. The van der Waals surface area contributed by atoms with Crippen LogP contribution in [-0.2, 0) is 0 Å². The van der Waals surface area contributed by atoms with Gasteiger partial charge in [0.15, 0.2) is 4.77 Å². The van der Waals surface area contributed by atoms with Crippen molar-refractivity contribution in [2.45, 2.75) is 13.8 Å². The van der Waals surface area contributed by atoms with Gasteiger partial charge in [-0.15, -0.1) is 0 Å². The quantitative estimate of drug-likeness (QED) is 0.216. The van der Waals surface area contributed by atoms with Crippen molar-refractivity contribution in [3.05, 3.63) is 56.3 Å². The molecule has 0 bridgehead atoms. The van der Waals surface area contributed by atoms with E-state index < -0.39 is 10.8 Å². The summed E-state index contributed by atoms with van der Waals surface area (Å²) in [6.07, 6.45) is 1.29. The second-order valence-electron chi connectivity index (χ2n) is 6.02. The monoisotopic (exact) mass is 429 g/mol. The Morgan fingerprint density at radius 1 is 1.17 bits per heavy atom. The predicted molar refractivity (Wildman–Crippen MR) is 114 cm³/mol. The van der Waals surface area contributed by atoms with Crippen LogP contribution in [0.3, 0.4) is 0 Å². The van der Waals surface area contributed by atoms with E-state index in [1.165, 1.54) is 18.3 Å². The van der Waals surface area contributed by atoms with E-state index in [1.54, 1.807) is 32.0 Å². The third-order valence-electron chi connectivity index (χ3n) is 4.04. The van der Waals surface area contributed by atoms with E-state index in [1.807, 2.05) is 0 Å². The molecule has 0 aliphatic heterocycles. The highest BCUT2D eigenvalue weighted by Crippen LogP contribution is 2.34. The average molecular weight is 429 g/mol. The first-order valence-corrected chi connectivity index (χ1v) is 9.47. The summed E-state index contributed by atoms with van der Waals surface area (Å²) in [5.74, 6) is 0.00207. The number of hydrogen-bond donors (Lipinski definition) is 3. The molecule has 3 aromatic rings. The number of aromatic amines is 2. The van der Waals surface area contributed by atoms with Crippen LogP contribution in [0.1, 0.15) is 29.8 Å². The Kier molecular flexibility index (Phi) is 6.42. The van der Waals surface area contributed by atoms with Crippen LogP contribution in [0.2, 0.25) is 0 Å². The van der Waals surface area contributed by atoms with E-state index in [4.69, 9.17) is 21.7 Å². The molecule has 10 nitrogen and oxygen atoms in total. The Labute approximate surface area is 176 Å². The maximum atomic E-state index is 12.4. The number of nitrogens with zero attached hydrogens (tertiary/aromatic N) is 2. The van der Waals surface area contributed by atoms with Gasteiger partial charge in [0.05, 0.1) is 35.4 Å². The fraction of sp³-hybridized carbons (Fsp3) is 0.211. The number of fused-ring (bicyclic) bond motifs is 1. The van der Waals surface area contributed by atoms with E-state index in [2.05, 4.69) is 20.5 Å². The molecular formula is C19H19N5O5S. The lowest BCUT2D eigenvalue weighted by Crippen LogP contribution is -2.17. The zero-order valence-corrected chi connectivity index (χ0v) is 17.0. The van der Waals surface area contributed by atoms with Crippen molar-refractivity contribution in [1.29, 1.82) is 0 Å². The van der Waals surface area contributed by atoms with Crippen molar-refractivity contribution < 1.29 is 19.2 Å². The van der Waals surface area contributed by atoms with Crippen molar-refractivity contribution >= 4 is 41.1 Å². The Morgan fingerprint density at radius 3 is 2.57 bits per heavy atom. The van der Waals surface area contributed by atoms with Crippen LogP contribution in [-0.4, -0.2) is 40.2 Å². The van der Waals surface area contributed by atoms with E-state index >= 15 is 0 Å². The molecule has 3 rings (SSSR count). The summed E-state index contributed by atoms with van der Waals surface area (Å²) in [6.45, 7) is 4.13. The average Bonchev–Trinajstić information content (AvgIpc) is 3.08. The van der Waals surface area contributed by atoms with E-state index in [-0.39, 0.29) is 18.0 Å². The third kappa shape index (κ3) is 4.63.